The number of aryl methyl sites for hydroxylation is 1. The lowest BCUT2D eigenvalue weighted by atomic mass is 9.85. The third-order valence-corrected chi connectivity index (χ3v) is 4.95. The van der Waals surface area contributed by atoms with Gasteiger partial charge in [-0.05, 0) is 31.4 Å². The highest BCUT2D eigenvalue weighted by Gasteiger charge is 2.48. The molecule has 1 aliphatic heterocycles. The zero-order valence-corrected chi connectivity index (χ0v) is 14.2. The second-order valence-electron chi connectivity index (χ2n) is 6.25. The first-order chi connectivity index (χ1) is 11.5. The summed E-state index contributed by atoms with van der Waals surface area (Å²) in [7, 11) is 0. The van der Waals surface area contributed by atoms with Crippen molar-refractivity contribution < 1.29 is 14.4 Å². The van der Waals surface area contributed by atoms with Crippen LogP contribution in [0.15, 0.2) is 35.4 Å². The standard InChI is InChI=1S/C18H19ClN2O3/c1-11-4-2-3-5-15(11)20-16(22)8-9-21-17(23)13-7-6-12(19)10-14(13)18(21)24/h2-6,13-14H,7-10H2,1H3,(H,20,22)/t13-,14+/m0/s1. The average molecular weight is 347 g/mol. The van der Waals surface area contributed by atoms with Crippen LogP contribution in [0.25, 0.3) is 0 Å². The third-order valence-electron chi connectivity index (χ3n) is 4.64. The summed E-state index contributed by atoms with van der Waals surface area (Å²) in [5.41, 5.74) is 1.71. The molecule has 1 fully saturated rings. The molecule has 3 rings (SSSR count). The molecule has 2 aliphatic rings. The van der Waals surface area contributed by atoms with Gasteiger partial charge >= 0.3 is 0 Å². The molecule has 5 nitrogen and oxygen atoms in total. The van der Waals surface area contributed by atoms with Crippen molar-refractivity contribution in [3.8, 4) is 0 Å². The van der Waals surface area contributed by atoms with E-state index in [0.29, 0.717) is 17.9 Å². The number of para-hydroxylation sites is 1. The number of hydrogen-bond acceptors (Lipinski definition) is 3. The molecule has 1 aromatic rings. The van der Waals surface area contributed by atoms with Gasteiger partial charge in [0.1, 0.15) is 0 Å². The number of fused-ring (bicyclic) bond motifs is 1. The lowest BCUT2D eigenvalue weighted by Crippen LogP contribution is -2.34. The molecule has 0 aromatic heterocycles. The van der Waals surface area contributed by atoms with Crippen molar-refractivity contribution in [1.82, 2.24) is 4.90 Å². The first kappa shape index (κ1) is 16.7. The van der Waals surface area contributed by atoms with Crippen molar-refractivity contribution in [2.75, 3.05) is 11.9 Å². The Hall–Kier alpha value is -2.14. The highest BCUT2D eigenvalue weighted by Crippen LogP contribution is 2.38. The van der Waals surface area contributed by atoms with Crippen LogP contribution in [0.3, 0.4) is 0 Å². The van der Waals surface area contributed by atoms with Crippen molar-refractivity contribution in [1.29, 1.82) is 0 Å². The van der Waals surface area contributed by atoms with Crippen LogP contribution in [-0.2, 0) is 14.4 Å². The first-order valence-corrected chi connectivity index (χ1v) is 8.40. The van der Waals surface area contributed by atoms with E-state index >= 15 is 0 Å². The molecular formula is C18H19ClN2O3. The van der Waals surface area contributed by atoms with E-state index in [1.807, 2.05) is 37.3 Å². The van der Waals surface area contributed by atoms with E-state index < -0.39 is 0 Å². The Balaban J connectivity index is 1.59. The van der Waals surface area contributed by atoms with Gasteiger partial charge < -0.3 is 5.32 Å². The van der Waals surface area contributed by atoms with Gasteiger partial charge in [-0.2, -0.15) is 0 Å². The molecule has 2 atom stereocenters. The quantitative estimate of drug-likeness (QED) is 0.852. The molecule has 0 saturated carbocycles. The van der Waals surface area contributed by atoms with Crippen LogP contribution in [0.2, 0.25) is 0 Å². The van der Waals surface area contributed by atoms with E-state index in [-0.39, 0.29) is 42.5 Å². The second kappa shape index (κ2) is 6.77. The van der Waals surface area contributed by atoms with E-state index in [1.165, 1.54) is 4.90 Å². The number of rotatable bonds is 4. The maximum absolute atomic E-state index is 12.4. The van der Waals surface area contributed by atoms with Gasteiger partial charge in [0.25, 0.3) is 0 Å². The van der Waals surface area contributed by atoms with Gasteiger partial charge in [0.15, 0.2) is 0 Å². The smallest absolute Gasteiger partial charge is 0.233 e. The minimum Gasteiger partial charge on any atom is -0.326 e. The molecule has 1 N–H and O–H groups in total. The van der Waals surface area contributed by atoms with Crippen LogP contribution < -0.4 is 5.32 Å². The van der Waals surface area contributed by atoms with Gasteiger partial charge in [0.2, 0.25) is 17.7 Å². The van der Waals surface area contributed by atoms with Crippen LogP contribution in [0.1, 0.15) is 24.8 Å². The molecule has 1 aromatic carbocycles. The zero-order chi connectivity index (χ0) is 17.3. The highest BCUT2D eigenvalue weighted by molar-refractivity contribution is 6.30. The van der Waals surface area contributed by atoms with Crippen LogP contribution >= 0.6 is 11.6 Å². The Morgan fingerprint density at radius 2 is 1.96 bits per heavy atom. The van der Waals surface area contributed by atoms with Crippen molar-refractivity contribution >= 4 is 35.0 Å². The van der Waals surface area contributed by atoms with Crippen LogP contribution in [-0.4, -0.2) is 29.2 Å². The van der Waals surface area contributed by atoms with Crippen molar-refractivity contribution in [3.05, 3.63) is 40.9 Å². The number of anilines is 1. The van der Waals surface area contributed by atoms with E-state index in [1.54, 1.807) is 0 Å². The number of nitrogens with one attached hydrogen (secondary N) is 1. The van der Waals surface area contributed by atoms with Crippen molar-refractivity contribution in [3.63, 3.8) is 0 Å². The van der Waals surface area contributed by atoms with E-state index in [2.05, 4.69) is 5.32 Å². The van der Waals surface area contributed by atoms with E-state index in [9.17, 15) is 14.4 Å². The number of benzene rings is 1. The highest BCUT2D eigenvalue weighted by atomic mass is 35.5. The van der Waals surface area contributed by atoms with Crippen molar-refractivity contribution in [2.45, 2.75) is 26.2 Å². The molecule has 3 amide bonds. The number of imide groups is 1. The largest absolute Gasteiger partial charge is 0.326 e. The number of allylic oxidation sites excluding steroid dienone is 2. The number of hydrogen-bond donors (Lipinski definition) is 1. The molecule has 0 bridgehead atoms. The van der Waals surface area contributed by atoms with Crippen molar-refractivity contribution in [2.24, 2.45) is 11.8 Å². The summed E-state index contributed by atoms with van der Waals surface area (Å²) in [5.74, 6) is -1.29. The molecular weight excluding hydrogens is 328 g/mol. The SMILES string of the molecule is Cc1ccccc1NC(=O)CCN1C(=O)[C@H]2CC=C(Cl)C[C@H]2C1=O. The molecule has 1 heterocycles. The number of carbonyl (C=O) groups is 3. The summed E-state index contributed by atoms with van der Waals surface area (Å²) < 4.78 is 0. The van der Waals surface area contributed by atoms with Gasteiger partial charge in [-0.3, -0.25) is 19.3 Å². The van der Waals surface area contributed by atoms with Gasteiger partial charge in [-0.15, -0.1) is 0 Å². The fourth-order valence-electron chi connectivity index (χ4n) is 3.26. The number of likely N-dealkylation sites (tertiary alicyclic amines) is 1. The predicted octanol–water partition coefficient (Wildman–Crippen LogP) is 2.84. The number of halogens is 1. The Bertz CT molecular complexity index is 729. The average Bonchev–Trinajstić information content (AvgIpc) is 2.78. The Labute approximate surface area is 145 Å². The lowest BCUT2D eigenvalue weighted by Gasteiger charge is -2.17. The van der Waals surface area contributed by atoms with Gasteiger partial charge in [0.05, 0.1) is 11.8 Å². The van der Waals surface area contributed by atoms with E-state index in [0.717, 1.165) is 11.3 Å². The summed E-state index contributed by atoms with van der Waals surface area (Å²) in [6, 6.07) is 7.47. The molecule has 126 valence electrons. The first-order valence-electron chi connectivity index (χ1n) is 8.02. The van der Waals surface area contributed by atoms with Crippen LogP contribution in [0, 0.1) is 18.8 Å². The fraction of sp³-hybridized carbons (Fsp3) is 0.389. The van der Waals surface area contributed by atoms with Gasteiger partial charge in [-0.25, -0.2) is 0 Å². The summed E-state index contributed by atoms with van der Waals surface area (Å²) in [6.45, 7) is 2.02. The van der Waals surface area contributed by atoms with Crippen LogP contribution in [0.4, 0.5) is 5.69 Å². The summed E-state index contributed by atoms with van der Waals surface area (Å²) in [6.07, 6.45) is 2.82. The molecule has 0 radical (unpaired) electrons. The molecule has 6 heteroatoms. The minimum atomic E-state index is -0.366. The maximum Gasteiger partial charge on any atom is 0.233 e. The molecule has 1 aliphatic carbocycles. The number of nitrogens with zero attached hydrogens (tertiary/aromatic N) is 1. The lowest BCUT2D eigenvalue weighted by molar-refractivity contribution is -0.140. The third kappa shape index (κ3) is 3.22. The zero-order valence-electron chi connectivity index (χ0n) is 13.4. The Morgan fingerprint density at radius 1 is 1.25 bits per heavy atom. The maximum atomic E-state index is 12.4. The fourth-order valence-corrected chi connectivity index (χ4v) is 3.51. The minimum absolute atomic E-state index is 0.0897. The summed E-state index contributed by atoms with van der Waals surface area (Å²) >= 11 is 5.99. The molecule has 1 saturated heterocycles. The topological polar surface area (TPSA) is 66.5 Å². The monoisotopic (exact) mass is 346 g/mol. The number of amides is 3. The van der Waals surface area contributed by atoms with Gasteiger partial charge in [-0.1, -0.05) is 35.9 Å². The Morgan fingerprint density at radius 3 is 2.71 bits per heavy atom. The number of carbonyl (C=O) groups excluding carboxylic acids is 3. The van der Waals surface area contributed by atoms with Crippen LogP contribution in [0.5, 0.6) is 0 Å². The summed E-state index contributed by atoms with van der Waals surface area (Å²) in [5, 5.41) is 3.45. The second-order valence-corrected chi connectivity index (χ2v) is 6.73. The predicted molar refractivity (Wildman–Crippen MR) is 91.3 cm³/mol. The molecule has 24 heavy (non-hydrogen) atoms. The molecule has 0 spiro atoms. The van der Waals surface area contributed by atoms with Gasteiger partial charge in [0, 0.05) is 23.7 Å². The normalized spacial score (nSPS) is 23.1. The molecule has 0 unspecified atom stereocenters. The van der Waals surface area contributed by atoms with E-state index in [4.69, 9.17) is 11.6 Å². The summed E-state index contributed by atoms with van der Waals surface area (Å²) in [4.78, 5) is 38.1. The Kier molecular flexibility index (Phi) is 4.71.